The van der Waals surface area contributed by atoms with Crippen molar-refractivity contribution in [2.75, 3.05) is 0 Å². The van der Waals surface area contributed by atoms with Gasteiger partial charge in [0.1, 0.15) is 6.54 Å². The van der Waals surface area contributed by atoms with Crippen LogP contribution in [0.4, 0.5) is 0 Å². The van der Waals surface area contributed by atoms with E-state index in [1.54, 1.807) is 0 Å². The summed E-state index contributed by atoms with van der Waals surface area (Å²) in [6, 6.07) is 12.3. The summed E-state index contributed by atoms with van der Waals surface area (Å²) in [5, 5.41) is 2.94. The monoisotopic (exact) mass is 280 g/mol. The average molecular weight is 280 g/mol. The normalized spacial score (nSPS) is 15.8. The molecule has 3 nitrogen and oxygen atoms in total. The maximum absolute atomic E-state index is 10.3. The van der Waals surface area contributed by atoms with Gasteiger partial charge in [-0.25, -0.2) is 0 Å². The molecule has 0 aliphatic heterocycles. The van der Waals surface area contributed by atoms with Crippen LogP contribution < -0.4 is 0 Å². The van der Waals surface area contributed by atoms with E-state index in [1.165, 1.54) is 48.9 Å². The van der Waals surface area contributed by atoms with Crippen molar-refractivity contribution >= 4 is 0 Å². The second kappa shape index (κ2) is 6.61. The van der Waals surface area contributed by atoms with Gasteiger partial charge in [-0.05, 0) is 30.0 Å². The highest BCUT2D eigenvalue weighted by Gasteiger charge is 2.20. The van der Waals surface area contributed by atoms with Gasteiger partial charge in [0.25, 0.3) is 0 Å². The fraction of sp³-hybridized carbons (Fsp3) is 0.389. The van der Waals surface area contributed by atoms with Gasteiger partial charge in [-0.1, -0.05) is 54.8 Å². The lowest BCUT2D eigenvalue weighted by Crippen LogP contribution is -2.07. The highest BCUT2D eigenvalue weighted by atomic mass is 16.3. The predicted molar refractivity (Wildman–Crippen MR) is 85.0 cm³/mol. The zero-order chi connectivity index (χ0) is 14.5. The number of nitroso groups, excluding NO2 is 1. The molecule has 0 saturated heterocycles. The Labute approximate surface area is 125 Å². The standard InChI is InChI=1S/C18H20N2O/c21-20-13-14-8-10-15(11-9-14)17-7-4-12-19-18(17)16-5-2-1-3-6-16/h4,7-12,16H,1-3,5-6,13H2. The quantitative estimate of drug-likeness (QED) is 0.734. The molecule has 0 N–H and O–H groups in total. The summed E-state index contributed by atoms with van der Waals surface area (Å²) < 4.78 is 0. The molecule has 21 heavy (non-hydrogen) atoms. The summed E-state index contributed by atoms with van der Waals surface area (Å²) in [5.74, 6) is 0.589. The molecule has 1 aliphatic rings. The molecule has 0 spiro atoms. The Bertz CT molecular complexity index is 601. The van der Waals surface area contributed by atoms with E-state index >= 15 is 0 Å². The smallest absolute Gasteiger partial charge is 0.106 e. The second-order valence-corrected chi connectivity index (χ2v) is 5.76. The number of aromatic nitrogens is 1. The first kappa shape index (κ1) is 13.9. The number of rotatable bonds is 4. The molecule has 0 atom stereocenters. The Balaban J connectivity index is 1.92. The van der Waals surface area contributed by atoms with Crippen LogP contribution >= 0.6 is 0 Å². The van der Waals surface area contributed by atoms with Crippen molar-refractivity contribution in [2.45, 2.75) is 44.6 Å². The lowest BCUT2D eigenvalue weighted by atomic mass is 9.84. The van der Waals surface area contributed by atoms with Crippen LogP contribution in [0, 0.1) is 4.91 Å². The fourth-order valence-corrected chi connectivity index (χ4v) is 3.23. The van der Waals surface area contributed by atoms with Crippen molar-refractivity contribution in [3.63, 3.8) is 0 Å². The SMILES string of the molecule is O=NCc1ccc(-c2cccnc2C2CCCCC2)cc1. The van der Waals surface area contributed by atoms with Gasteiger partial charge in [-0.2, -0.15) is 4.91 Å². The summed E-state index contributed by atoms with van der Waals surface area (Å²) >= 11 is 0. The first-order chi connectivity index (χ1) is 10.4. The number of hydrogen-bond donors (Lipinski definition) is 0. The molecule has 1 aliphatic carbocycles. The summed E-state index contributed by atoms with van der Waals surface area (Å²) in [5.41, 5.74) is 4.60. The van der Waals surface area contributed by atoms with Crippen LogP contribution in [-0.2, 0) is 6.54 Å². The molecule has 1 aromatic carbocycles. The molecule has 2 aromatic rings. The van der Waals surface area contributed by atoms with E-state index in [0.717, 1.165) is 5.56 Å². The molecular weight excluding hydrogens is 260 g/mol. The number of pyridine rings is 1. The lowest BCUT2D eigenvalue weighted by Gasteiger charge is -2.23. The third kappa shape index (κ3) is 3.18. The van der Waals surface area contributed by atoms with Gasteiger partial charge in [0.15, 0.2) is 0 Å². The van der Waals surface area contributed by atoms with E-state index in [9.17, 15) is 4.91 Å². The summed E-state index contributed by atoms with van der Waals surface area (Å²) in [6.07, 6.45) is 8.37. The van der Waals surface area contributed by atoms with Gasteiger partial charge in [-0.3, -0.25) is 4.98 Å². The van der Waals surface area contributed by atoms with Gasteiger partial charge in [0.2, 0.25) is 0 Å². The zero-order valence-electron chi connectivity index (χ0n) is 12.2. The van der Waals surface area contributed by atoms with E-state index < -0.39 is 0 Å². The molecule has 0 unspecified atom stereocenters. The van der Waals surface area contributed by atoms with Gasteiger partial charge in [-0.15, -0.1) is 0 Å². The van der Waals surface area contributed by atoms with E-state index in [1.807, 2.05) is 24.4 Å². The van der Waals surface area contributed by atoms with Crippen LogP contribution in [0.25, 0.3) is 11.1 Å². The molecule has 0 bridgehead atoms. The van der Waals surface area contributed by atoms with Crippen molar-refractivity contribution in [1.29, 1.82) is 0 Å². The number of nitrogens with zero attached hydrogens (tertiary/aromatic N) is 2. The van der Waals surface area contributed by atoms with Crippen LogP contribution in [0.15, 0.2) is 47.8 Å². The highest BCUT2D eigenvalue weighted by molar-refractivity contribution is 5.66. The highest BCUT2D eigenvalue weighted by Crippen LogP contribution is 2.36. The Morgan fingerprint density at radius 1 is 1.05 bits per heavy atom. The van der Waals surface area contributed by atoms with Gasteiger partial charge in [0.05, 0.1) is 5.69 Å². The van der Waals surface area contributed by atoms with E-state index in [-0.39, 0.29) is 6.54 Å². The average Bonchev–Trinajstić information content (AvgIpc) is 2.57. The largest absolute Gasteiger partial charge is 0.260 e. The third-order valence-electron chi connectivity index (χ3n) is 4.34. The first-order valence-electron chi connectivity index (χ1n) is 7.72. The minimum Gasteiger partial charge on any atom is -0.260 e. The van der Waals surface area contributed by atoms with Crippen molar-refractivity contribution < 1.29 is 0 Å². The van der Waals surface area contributed by atoms with Crippen LogP contribution in [-0.4, -0.2) is 4.98 Å². The predicted octanol–water partition coefficient (Wildman–Crippen LogP) is 5.06. The lowest BCUT2D eigenvalue weighted by molar-refractivity contribution is 0.437. The molecule has 0 amide bonds. The Kier molecular flexibility index (Phi) is 4.39. The van der Waals surface area contributed by atoms with Gasteiger partial charge >= 0.3 is 0 Å². The summed E-state index contributed by atoms with van der Waals surface area (Å²) in [7, 11) is 0. The molecule has 3 rings (SSSR count). The molecular formula is C18H20N2O. The molecule has 0 radical (unpaired) electrons. The Hall–Kier alpha value is -2.03. The zero-order valence-corrected chi connectivity index (χ0v) is 12.2. The second-order valence-electron chi connectivity index (χ2n) is 5.76. The van der Waals surface area contributed by atoms with Crippen LogP contribution in [0.5, 0.6) is 0 Å². The number of hydrogen-bond acceptors (Lipinski definition) is 3. The molecule has 3 heteroatoms. The summed E-state index contributed by atoms with van der Waals surface area (Å²) in [4.78, 5) is 15.0. The fourth-order valence-electron chi connectivity index (χ4n) is 3.23. The van der Waals surface area contributed by atoms with Gasteiger partial charge in [0, 0.05) is 17.7 Å². The van der Waals surface area contributed by atoms with Crippen molar-refractivity contribution in [3.05, 3.63) is 58.8 Å². The van der Waals surface area contributed by atoms with Gasteiger partial charge < -0.3 is 0 Å². The number of benzene rings is 1. The maximum atomic E-state index is 10.3. The van der Waals surface area contributed by atoms with Crippen LogP contribution in [0.2, 0.25) is 0 Å². The summed E-state index contributed by atoms with van der Waals surface area (Å²) in [6.45, 7) is 0.239. The Morgan fingerprint density at radius 2 is 1.81 bits per heavy atom. The molecule has 1 aromatic heterocycles. The first-order valence-corrected chi connectivity index (χ1v) is 7.72. The van der Waals surface area contributed by atoms with E-state index in [2.05, 4.69) is 28.4 Å². The van der Waals surface area contributed by atoms with E-state index in [0.29, 0.717) is 5.92 Å². The molecule has 1 heterocycles. The maximum Gasteiger partial charge on any atom is 0.106 e. The molecule has 1 saturated carbocycles. The van der Waals surface area contributed by atoms with Crippen molar-refractivity contribution in [1.82, 2.24) is 4.98 Å². The van der Waals surface area contributed by atoms with Crippen molar-refractivity contribution in [3.8, 4) is 11.1 Å². The minimum absolute atomic E-state index is 0.239. The van der Waals surface area contributed by atoms with Crippen LogP contribution in [0.1, 0.15) is 49.3 Å². The van der Waals surface area contributed by atoms with Crippen LogP contribution in [0.3, 0.4) is 0 Å². The molecule has 108 valence electrons. The van der Waals surface area contributed by atoms with Crippen molar-refractivity contribution in [2.24, 2.45) is 5.18 Å². The minimum atomic E-state index is 0.239. The molecule has 1 fully saturated rings. The third-order valence-corrected chi connectivity index (χ3v) is 4.34. The van der Waals surface area contributed by atoms with E-state index in [4.69, 9.17) is 0 Å². The Morgan fingerprint density at radius 3 is 2.52 bits per heavy atom. The topological polar surface area (TPSA) is 42.3 Å².